The van der Waals surface area contributed by atoms with Gasteiger partial charge >= 0.3 is 5.97 Å². The van der Waals surface area contributed by atoms with Crippen LogP contribution in [0.15, 0.2) is 11.6 Å². The monoisotopic (exact) mass is 320 g/mol. The molecule has 23 heavy (non-hydrogen) atoms. The molecule has 3 heteroatoms. The summed E-state index contributed by atoms with van der Waals surface area (Å²) in [4.78, 5) is 12.5. The molecule has 5 atom stereocenters. The molecule has 0 saturated heterocycles. The third-order valence-electron chi connectivity index (χ3n) is 7.37. The molecule has 1 N–H and O–H groups in total. The average molecular weight is 320 g/mol. The van der Waals surface area contributed by atoms with Crippen LogP contribution in [0.1, 0.15) is 72.1 Å². The van der Waals surface area contributed by atoms with Crippen LogP contribution in [0, 0.1) is 22.7 Å². The van der Waals surface area contributed by atoms with E-state index in [2.05, 4.69) is 19.9 Å². The second kappa shape index (κ2) is 5.61. The van der Waals surface area contributed by atoms with Crippen molar-refractivity contribution in [2.45, 2.75) is 77.7 Å². The quantitative estimate of drug-likeness (QED) is 0.580. The van der Waals surface area contributed by atoms with Crippen LogP contribution in [0.25, 0.3) is 0 Å². The number of esters is 1. The highest BCUT2D eigenvalue weighted by Crippen LogP contribution is 2.63. The lowest BCUT2D eigenvalue weighted by Crippen LogP contribution is -2.53. The second-order valence-electron chi connectivity index (χ2n) is 8.93. The predicted octanol–water partition coefficient (Wildman–Crippen LogP) is 4.24. The van der Waals surface area contributed by atoms with Crippen LogP contribution in [-0.4, -0.2) is 23.8 Å². The van der Waals surface area contributed by atoms with Gasteiger partial charge in [-0.1, -0.05) is 25.0 Å². The van der Waals surface area contributed by atoms with E-state index < -0.39 is 5.60 Å². The number of ether oxygens (including phenoxy) is 1. The number of hydrogen-bond acceptors (Lipinski definition) is 3. The molecule has 0 aromatic rings. The first-order chi connectivity index (χ1) is 10.7. The van der Waals surface area contributed by atoms with Crippen molar-refractivity contribution in [3.8, 4) is 0 Å². The van der Waals surface area contributed by atoms with Gasteiger partial charge in [0.05, 0.1) is 18.1 Å². The van der Waals surface area contributed by atoms with Gasteiger partial charge in [-0.05, 0) is 76.0 Å². The van der Waals surface area contributed by atoms with E-state index in [1.54, 1.807) is 0 Å². The van der Waals surface area contributed by atoms with Crippen molar-refractivity contribution in [3.05, 3.63) is 11.6 Å². The molecule has 0 amide bonds. The predicted molar refractivity (Wildman–Crippen MR) is 90.9 cm³/mol. The maximum absolute atomic E-state index is 12.5. The Balaban J connectivity index is 1.96. The Hall–Kier alpha value is -0.830. The van der Waals surface area contributed by atoms with Crippen molar-refractivity contribution >= 4 is 5.97 Å². The van der Waals surface area contributed by atoms with Crippen molar-refractivity contribution < 1.29 is 14.6 Å². The van der Waals surface area contributed by atoms with Gasteiger partial charge in [-0.25, -0.2) is 0 Å². The van der Waals surface area contributed by atoms with Crippen molar-refractivity contribution in [1.29, 1.82) is 0 Å². The smallest absolute Gasteiger partial charge is 0.311 e. The fraction of sp³-hybridized carbons (Fsp3) is 0.850. The molecule has 3 aliphatic rings. The highest BCUT2D eigenvalue weighted by atomic mass is 16.5. The number of methoxy groups -OCH3 is 1. The molecule has 2 fully saturated rings. The van der Waals surface area contributed by atoms with Gasteiger partial charge in [0, 0.05) is 0 Å². The lowest BCUT2D eigenvalue weighted by molar-refractivity contribution is -0.168. The Labute approximate surface area is 140 Å². The molecule has 130 valence electrons. The summed E-state index contributed by atoms with van der Waals surface area (Å²) in [6.07, 6.45) is 10.4. The number of carbonyl (C=O) groups is 1. The molecular weight excluding hydrogens is 288 g/mol. The van der Waals surface area contributed by atoms with E-state index in [9.17, 15) is 9.90 Å². The molecule has 3 nitrogen and oxygen atoms in total. The molecule has 0 aromatic carbocycles. The highest BCUT2D eigenvalue weighted by Gasteiger charge is 2.58. The molecule has 0 aromatic heterocycles. The Morgan fingerprint density at radius 1 is 1.22 bits per heavy atom. The number of carbonyl (C=O) groups excluding carboxylic acids is 1. The molecule has 0 heterocycles. The Kier molecular flexibility index (Phi) is 4.15. The third kappa shape index (κ3) is 2.65. The first-order valence-corrected chi connectivity index (χ1v) is 9.23. The molecule has 3 rings (SSSR count). The van der Waals surface area contributed by atoms with Crippen molar-refractivity contribution in [3.63, 3.8) is 0 Å². The number of hydrogen-bond donors (Lipinski definition) is 1. The minimum Gasteiger partial charge on any atom is -0.469 e. The van der Waals surface area contributed by atoms with Gasteiger partial charge in [0.1, 0.15) is 0 Å². The van der Waals surface area contributed by atoms with Gasteiger partial charge in [0.15, 0.2) is 0 Å². The summed E-state index contributed by atoms with van der Waals surface area (Å²) in [7, 11) is 1.52. The van der Waals surface area contributed by atoms with Gasteiger partial charge in [0.2, 0.25) is 0 Å². The summed E-state index contributed by atoms with van der Waals surface area (Å²) in [6, 6.07) is 0. The van der Waals surface area contributed by atoms with E-state index in [0.29, 0.717) is 11.8 Å². The number of rotatable bonds is 1. The minimum absolute atomic E-state index is 0.0264. The minimum atomic E-state index is -0.573. The van der Waals surface area contributed by atoms with Crippen LogP contribution >= 0.6 is 0 Å². The van der Waals surface area contributed by atoms with Crippen LogP contribution in [0.2, 0.25) is 0 Å². The molecular formula is C20H32O3. The average Bonchev–Trinajstić information content (AvgIpc) is 2.65. The van der Waals surface area contributed by atoms with Crippen LogP contribution in [-0.2, 0) is 9.53 Å². The standard InChI is InChI=1S/C20H32O3/c1-18(22)12-8-14-6-7-16-19(2,15(14)9-13-18)10-5-11-20(16,3)17(21)23-4/h8,15-16,22H,5-7,9-13H2,1-4H3/t15-,16+,18-,19+,20+/m0/s1. The Morgan fingerprint density at radius 2 is 1.96 bits per heavy atom. The van der Waals surface area contributed by atoms with Gasteiger partial charge in [-0.3, -0.25) is 4.79 Å². The lowest BCUT2D eigenvalue weighted by atomic mass is 9.46. The van der Waals surface area contributed by atoms with Crippen molar-refractivity contribution in [2.75, 3.05) is 7.11 Å². The van der Waals surface area contributed by atoms with E-state index in [-0.39, 0.29) is 16.8 Å². The van der Waals surface area contributed by atoms with Gasteiger partial charge in [-0.2, -0.15) is 0 Å². The first kappa shape index (κ1) is 17.0. The van der Waals surface area contributed by atoms with Gasteiger partial charge in [0.25, 0.3) is 0 Å². The van der Waals surface area contributed by atoms with E-state index in [4.69, 9.17) is 4.74 Å². The summed E-state index contributed by atoms with van der Waals surface area (Å²) in [5.41, 5.74) is 0.778. The zero-order valence-electron chi connectivity index (χ0n) is 15.2. The maximum atomic E-state index is 12.5. The van der Waals surface area contributed by atoms with E-state index in [1.165, 1.54) is 19.1 Å². The number of allylic oxidation sites excluding steroid dienone is 1. The maximum Gasteiger partial charge on any atom is 0.311 e. The lowest BCUT2D eigenvalue weighted by Gasteiger charge is -2.57. The first-order valence-electron chi connectivity index (χ1n) is 9.23. The molecule has 2 saturated carbocycles. The van der Waals surface area contributed by atoms with Crippen LogP contribution in [0.4, 0.5) is 0 Å². The molecule has 0 bridgehead atoms. The summed E-state index contributed by atoms with van der Waals surface area (Å²) < 4.78 is 5.19. The number of fused-ring (bicyclic) bond motifs is 3. The van der Waals surface area contributed by atoms with E-state index >= 15 is 0 Å². The Morgan fingerprint density at radius 3 is 2.65 bits per heavy atom. The summed E-state index contributed by atoms with van der Waals surface area (Å²) in [6.45, 7) is 6.48. The van der Waals surface area contributed by atoms with Crippen LogP contribution in [0.3, 0.4) is 0 Å². The van der Waals surface area contributed by atoms with Crippen LogP contribution in [0.5, 0.6) is 0 Å². The highest BCUT2D eigenvalue weighted by molar-refractivity contribution is 5.77. The molecule has 0 radical (unpaired) electrons. The van der Waals surface area contributed by atoms with E-state index in [0.717, 1.165) is 44.9 Å². The largest absolute Gasteiger partial charge is 0.469 e. The topological polar surface area (TPSA) is 46.5 Å². The molecule has 3 aliphatic carbocycles. The zero-order valence-corrected chi connectivity index (χ0v) is 15.2. The number of aliphatic hydroxyl groups is 1. The fourth-order valence-corrected chi connectivity index (χ4v) is 6.03. The Bertz CT molecular complexity index is 521. The normalized spacial score (nSPS) is 46.9. The van der Waals surface area contributed by atoms with Gasteiger partial charge in [-0.15, -0.1) is 0 Å². The zero-order chi connectivity index (χ0) is 16.9. The summed E-state index contributed by atoms with van der Waals surface area (Å²) in [5.74, 6) is 0.877. The molecule has 0 spiro atoms. The third-order valence-corrected chi connectivity index (χ3v) is 7.37. The van der Waals surface area contributed by atoms with Crippen molar-refractivity contribution in [1.82, 2.24) is 0 Å². The summed E-state index contributed by atoms with van der Waals surface area (Å²) >= 11 is 0. The molecule has 0 aliphatic heterocycles. The SMILES string of the molecule is COC(=O)[C@]1(C)CCC[C@@]2(C)[C@H]1CCC1=CC[C@](C)(O)CC[C@@H]12. The van der Waals surface area contributed by atoms with E-state index in [1.807, 2.05) is 6.92 Å². The molecule has 0 unspecified atom stereocenters. The second-order valence-corrected chi connectivity index (χ2v) is 8.93. The van der Waals surface area contributed by atoms with Crippen LogP contribution < -0.4 is 0 Å². The van der Waals surface area contributed by atoms with Gasteiger partial charge < -0.3 is 9.84 Å². The fourth-order valence-electron chi connectivity index (χ4n) is 6.03. The van der Waals surface area contributed by atoms with Crippen molar-refractivity contribution in [2.24, 2.45) is 22.7 Å². The summed E-state index contributed by atoms with van der Waals surface area (Å²) in [5, 5.41) is 10.5.